The van der Waals surface area contributed by atoms with E-state index < -0.39 is 47.9 Å². The highest BCUT2D eigenvalue weighted by molar-refractivity contribution is 7.98. The molecule has 0 spiro atoms. The number of nitrogens with one attached hydrogen (secondary N) is 4. The number of carboxylic acids is 1. The summed E-state index contributed by atoms with van der Waals surface area (Å²) in [6.07, 6.45) is 2.84. The van der Waals surface area contributed by atoms with Gasteiger partial charge in [0, 0.05) is 6.42 Å². The fourth-order valence-electron chi connectivity index (χ4n) is 2.76. The van der Waals surface area contributed by atoms with Crippen molar-refractivity contribution in [3.8, 4) is 0 Å². The highest BCUT2D eigenvalue weighted by Crippen LogP contribution is 2.09. The number of carbonyl (C=O) groups excluding carboxylic acids is 4. The fraction of sp³-hybridized carbons (Fsp3) is 0.722. The Morgan fingerprint density at radius 1 is 1.14 bits per heavy atom. The van der Waals surface area contributed by atoms with E-state index in [4.69, 9.17) is 0 Å². The summed E-state index contributed by atoms with van der Waals surface area (Å²) in [4.78, 5) is 59.7. The van der Waals surface area contributed by atoms with Crippen molar-refractivity contribution in [3.63, 3.8) is 0 Å². The highest BCUT2D eigenvalue weighted by atomic mass is 32.2. The first-order chi connectivity index (χ1) is 13.6. The third-order valence-corrected chi connectivity index (χ3v) is 5.18. The number of carboxylic acid groups (broad SMARTS) is 1. The number of hydrogen-bond donors (Lipinski definition) is 5. The van der Waals surface area contributed by atoms with Crippen LogP contribution in [0.1, 0.15) is 40.0 Å². The summed E-state index contributed by atoms with van der Waals surface area (Å²) in [7, 11) is 0. The van der Waals surface area contributed by atoms with Crippen LogP contribution in [-0.2, 0) is 24.0 Å². The van der Waals surface area contributed by atoms with E-state index in [1.807, 2.05) is 6.26 Å². The molecule has 1 rings (SSSR count). The average molecular weight is 431 g/mol. The van der Waals surface area contributed by atoms with E-state index in [1.165, 1.54) is 18.7 Å². The summed E-state index contributed by atoms with van der Waals surface area (Å²) in [5, 5.41) is 19.3. The minimum Gasteiger partial charge on any atom is -0.480 e. The monoisotopic (exact) mass is 430 g/mol. The Morgan fingerprint density at radius 3 is 2.28 bits per heavy atom. The molecule has 0 bridgehead atoms. The van der Waals surface area contributed by atoms with Gasteiger partial charge in [-0.15, -0.1) is 0 Å². The molecule has 1 aliphatic heterocycles. The molecule has 0 radical (unpaired) electrons. The van der Waals surface area contributed by atoms with Crippen molar-refractivity contribution in [2.75, 3.05) is 12.0 Å². The van der Waals surface area contributed by atoms with Gasteiger partial charge in [-0.1, -0.05) is 13.8 Å². The molecule has 164 valence electrons. The number of rotatable bonds is 11. The summed E-state index contributed by atoms with van der Waals surface area (Å²) in [6, 6.07) is -3.60. The number of carbonyl (C=O) groups is 5. The predicted octanol–water partition coefficient (Wildman–Crippen LogP) is -0.767. The molecule has 1 fully saturated rings. The Kier molecular flexibility index (Phi) is 9.93. The topological polar surface area (TPSA) is 154 Å². The standard InChI is InChI=1S/C18H30N4O6S/c1-9(2)14(18(27)28)22-15(24)10(3)19-16(25)12(7-8-29-4)21-17(26)11-5-6-13(23)20-11/h9-12,14H,5-8H2,1-4H3,(H,19,25)(H,20,23)(H,21,26)(H,22,24)(H,27,28)/t10-,11-,12-,14-/m0/s1. The van der Waals surface area contributed by atoms with Gasteiger partial charge in [-0.3, -0.25) is 19.2 Å². The first-order valence-corrected chi connectivity index (χ1v) is 10.9. The Bertz CT molecular complexity index is 642. The van der Waals surface area contributed by atoms with Crippen molar-refractivity contribution in [1.29, 1.82) is 0 Å². The van der Waals surface area contributed by atoms with Gasteiger partial charge >= 0.3 is 5.97 Å². The van der Waals surface area contributed by atoms with Gasteiger partial charge in [-0.2, -0.15) is 11.8 Å². The summed E-state index contributed by atoms with van der Waals surface area (Å²) >= 11 is 1.50. The second-order valence-electron chi connectivity index (χ2n) is 7.30. The van der Waals surface area contributed by atoms with Crippen LogP contribution >= 0.6 is 11.8 Å². The molecule has 0 aromatic rings. The second-order valence-corrected chi connectivity index (χ2v) is 8.29. The van der Waals surface area contributed by atoms with Gasteiger partial charge < -0.3 is 26.4 Å². The van der Waals surface area contributed by atoms with Crippen LogP contribution in [0.5, 0.6) is 0 Å². The fourth-order valence-corrected chi connectivity index (χ4v) is 3.23. The van der Waals surface area contributed by atoms with Gasteiger partial charge in [-0.05, 0) is 37.7 Å². The smallest absolute Gasteiger partial charge is 0.326 e. The molecular weight excluding hydrogens is 400 g/mol. The molecule has 10 nitrogen and oxygen atoms in total. The lowest BCUT2D eigenvalue weighted by Crippen LogP contribution is -2.57. The second kappa shape index (κ2) is 11.6. The van der Waals surface area contributed by atoms with Gasteiger partial charge in [0.2, 0.25) is 23.6 Å². The summed E-state index contributed by atoms with van der Waals surface area (Å²) in [5.74, 6) is -2.71. The maximum Gasteiger partial charge on any atom is 0.326 e. The number of aliphatic carboxylic acids is 1. The van der Waals surface area contributed by atoms with Gasteiger partial charge in [0.25, 0.3) is 0 Å². The molecule has 5 N–H and O–H groups in total. The molecule has 11 heteroatoms. The zero-order valence-corrected chi connectivity index (χ0v) is 17.9. The van der Waals surface area contributed by atoms with Crippen LogP contribution in [0.4, 0.5) is 0 Å². The van der Waals surface area contributed by atoms with Crippen LogP contribution in [0.2, 0.25) is 0 Å². The predicted molar refractivity (Wildman–Crippen MR) is 108 cm³/mol. The third kappa shape index (κ3) is 7.92. The van der Waals surface area contributed by atoms with E-state index >= 15 is 0 Å². The Hall–Kier alpha value is -2.30. The van der Waals surface area contributed by atoms with Crippen molar-refractivity contribution >= 4 is 41.4 Å². The minimum atomic E-state index is -1.16. The van der Waals surface area contributed by atoms with Crippen LogP contribution in [-0.4, -0.2) is 70.9 Å². The normalized spacial score (nSPS) is 19.1. The van der Waals surface area contributed by atoms with E-state index in [0.717, 1.165) is 0 Å². The maximum absolute atomic E-state index is 12.6. The van der Waals surface area contributed by atoms with Crippen molar-refractivity contribution in [1.82, 2.24) is 21.3 Å². The number of hydrogen-bond acceptors (Lipinski definition) is 6. The largest absolute Gasteiger partial charge is 0.480 e. The quantitative estimate of drug-likeness (QED) is 0.288. The van der Waals surface area contributed by atoms with Crippen molar-refractivity contribution in [2.24, 2.45) is 5.92 Å². The lowest BCUT2D eigenvalue weighted by atomic mass is 10.0. The van der Waals surface area contributed by atoms with Gasteiger partial charge in [0.15, 0.2) is 0 Å². The lowest BCUT2D eigenvalue weighted by Gasteiger charge is -2.24. The van der Waals surface area contributed by atoms with E-state index in [2.05, 4.69) is 21.3 Å². The van der Waals surface area contributed by atoms with E-state index in [-0.39, 0.29) is 18.2 Å². The van der Waals surface area contributed by atoms with Crippen LogP contribution in [0, 0.1) is 5.92 Å². The molecule has 4 amide bonds. The first-order valence-electron chi connectivity index (χ1n) is 9.49. The molecule has 1 saturated heterocycles. The molecule has 0 unspecified atom stereocenters. The van der Waals surface area contributed by atoms with Gasteiger partial charge in [0.05, 0.1) is 0 Å². The number of amides is 4. The minimum absolute atomic E-state index is 0.210. The highest BCUT2D eigenvalue weighted by Gasteiger charge is 2.32. The zero-order chi connectivity index (χ0) is 22.1. The molecule has 4 atom stereocenters. The number of thioether (sulfide) groups is 1. The van der Waals surface area contributed by atoms with Crippen molar-refractivity contribution < 1.29 is 29.1 Å². The Labute approximate surface area is 174 Å². The first kappa shape index (κ1) is 24.7. The van der Waals surface area contributed by atoms with Crippen LogP contribution in [0.15, 0.2) is 0 Å². The van der Waals surface area contributed by atoms with E-state index in [0.29, 0.717) is 18.6 Å². The SMILES string of the molecule is CSCC[C@H](NC(=O)[C@@H]1CCC(=O)N1)C(=O)N[C@@H](C)C(=O)N[C@H](C(=O)O)C(C)C. The Morgan fingerprint density at radius 2 is 1.79 bits per heavy atom. The Balaban J connectivity index is 2.70. The molecule has 0 aliphatic carbocycles. The van der Waals surface area contributed by atoms with Gasteiger partial charge in [0.1, 0.15) is 24.2 Å². The van der Waals surface area contributed by atoms with Crippen molar-refractivity contribution in [2.45, 2.75) is 64.2 Å². The summed E-state index contributed by atoms with van der Waals surface area (Å²) in [6.45, 7) is 4.77. The molecule has 1 aliphatic rings. The van der Waals surface area contributed by atoms with E-state index in [9.17, 15) is 29.1 Å². The summed E-state index contributed by atoms with van der Waals surface area (Å²) < 4.78 is 0. The molecule has 1 heterocycles. The third-order valence-electron chi connectivity index (χ3n) is 4.54. The van der Waals surface area contributed by atoms with Crippen LogP contribution < -0.4 is 21.3 Å². The zero-order valence-electron chi connectivity index (χ0n) is 17.1. The average Bonchev–Trinajstić information content (AvgIpc) is 3.08. The van der Waals surface area contributed by atoms with Crippen LogP contribution in [0.25, 0.3) is 0 Å². The van der Waals surface area contributed by atoms with Crippen LogP contribution in [0.3, 0.4) is 0 Å². The molecule has 0 saturated carbocycles. The maximum atomic E-state index is 12.6. The molecule has 0 aromatic carbocycles. The molecule has 0 aromatic heterocycles. The molecule has 29 heavy (non-hydrogen) atoms. The molecular formula is C18H30N4O6S. The van der Waals surface area contributed by atoms with Crippen molar-refractivity contribution in [3.05, 3.63) is 0 Å². The van der Waals surface area contributed by atoms with E-state index in [1.54, 1.807) is 13.8 Å². The summed E-state index contributed by atoms with van der Waals surface area (Å²) in [5.41, 5.74) is 0. The lowest BCUT2D eigenvalue weighted by molar-refractivity contribution is -0.143. The van der Waals surface area contributed by atoms with Gasteiger partial charge in [-0.25, -0.2) is 4.79 Å².